The lowest BCUT2D eigenvalue weighted by molar-refractivity contribution is 0.712. The van der Waals surface area contributed by atoms with Crippen LogP contribution in [-0.4, -0.2) is 25.1 Å². The van der Waals surface area contributed by atoms with Gasteiger partial charge in [-0.05, 0) is 31.0 Å². The minimum Gasteiger partial charge on any atom is -0.356 e. The third-order valence-electron chi connectivity index (χ3n) is 2.50. The molecule has 0 radical (unpaired) electrons. The molecule has 1 aromatic carbocycles. The van der Waals surface area contributed by atoms with Gasteiger partial charge in [-0.2, -0.15) is 0 Å². The normalized spacial score (nSPS) is 19.1. The van der Waals surface area contributed by atoms with Crippen LogP contribution in [0.15, 0.2) is 29.3 Å². The summed E-state index contributed by atoms with van der Waals surface area (Å²) in [6.07, 6.45) is 0.954. The number of nitrogens with one attached hydrogen (secondary N) is 2. The Hall–Kier alpha value is -1.22. The minimum atomic E-state index is 0.452. The summed E-state index contributed by atoms with van der Waals surface area (Å²) in [6, 6.07) is 8.40. The molecule has 1 aromatic rings. The van der Waals surface area contributed by atoms with Crippen LogP contribution in [0, 0.1) is 0 Å². The van der Waals surface area contributed by atoms with Crippen LogP contribution in [0.2, 0.25) is 5.02 Å². The van der Waals surface area contributed by atoms with Crippen molar-refractivity contribution in [1.82, 2.24) is 10.6 Å². The second-order valence-electron chi connectivity index (χ2n) is 4.04. The lowest BCUT2D eigenvalue weighted by Gasteiger charge is -2.08. The number of nitrogens with zero attached hydrogens (tertiary/aromatic N) is 1. The van der Waals surface area contributed by atoms with Gasteiger partial charge in [-0.25, -0.2) is 0 Å². The van der Waals surface area contributed by atoms with Crippen LogP contribution in [0.4, 0.5) is 0 Å². The fraction of sp³-hybridized carbons (Fsp3) is 0.417. The van der Waals surface area contributed by atoms with E-state index in [9.17, 15) is 0 Å². The van der Waals surface area contributed by atoms with Crippen LogP contribution in [-0.2, 0) is 6.42 Å². The molecule has 0 aliphatic carbocycles. The number of hydrogen-bond acceptors (Lipinski definition) is 3. The van der Waals surface area contributed by atoms with E-state index in [2.05, 4.69) is 28.6 Å². The van der Waals surface area contributed by atoms with E-state index >= 15 is 0 Å². The summed E-state index contributed by atoms with van der Waals surface area (Å²) in [5, 5.41) is 7.33. The van der Waals surface area contributed by atoms with Crippen molar-refractivity contribution >= 4 is 17.6 Å². The van der Waals surface area contributed by atoms with E-state index in [1.165, 1.54) is 5.56 Å². The van der Waals surface area contributed by atoms with E-state index in [1.807, 2.05) is 18.2 Å². The number of benzene rings is 1. The van der Waals surface area contributed by atoms with Crippen molar-refractivity contribution in [3.8, 4) is 0 Å². The molecule has 0 spiro atoms. The Morgan fingerprint density at radius 1 is 1.56 bits per heavy atom. The quantitative estimate of drug-likeness (QED) is 0.842. The van der Waals surface area contributed by atoms with Gasteiger partial charge in [-0.1, -0.05) is 23.7 Å². The first-order valence-electron chi connectivity index (χ1n) is 5.53. The molecule has 0 bridgehead atoms. The SMILES string of the molecule is CC1CN=C(NCCc2cccc(Cl)c2)N1. The van der Waals surface area contributed by atoms with E-state index < -0.39 is 0 Å². The molecule has 0 aromatic heterocycles. The molecule has 1 heterocycles. The largest absolute Gasteiger partial charge is 0.356 e. The van der Waals surface area contributed by atoms with Gasteiger partial charge < -0.3 is 10.6 Å². The van der Waals surface area contributed by atoms with Crippen LogP contribution >= 0.6 is 11.6 Å². The average molecular weight is 238 g/mol. The summed E-state index contributed by atoms with van der Waals surface area (Å²) in [5.41, 5.74) is 1.24. The third kappa shape index (κ3) is 3.14. The van der Waals surface area contributed by atoms with Gasteiger partial charge in [0.2, 0.25) is 0 Å². The molecular formula is C12H16ClN3. The Balaban J connectivity index is 1.76. The maximum atomic E-state index is 5.91. The molecule has 4 heteroatoms. The highest BCUT2D eigenvalue weighted by Crippen LogP contribution is 2.10. The molecule has 1 aliphatic heterocycles. The van der Waals surface area contributed by atoms with Gasteiger partial charge in [0.25, 0.3) is 0 Å². The van der Waals surface area contributed by atoms with Crippen molar-refractivity contribution in [2.75, 3.05) is 13.1 Å². The maximum absolute atomic E-state index is 5.91. The van der Waals surface area contributed by atoms with Crippen molar-refractivity contribution in [2.45, 2.75) is 19.4 Å². The zero-order valence-corrected chi connectivity index (χ0v) is 10.1. The molecule has 3 nitrogen and oxygen atoms in total. The van der Waals surface area contributed by atoms with Crippen molar-refractivity contribution in [2.24, 2.45) is 4.99 Å². The average Bonchev–Trinajstić information content (AvgIpc) is 2.64. The number of rotatable bonds is 3. The highest BCUT2D eigenvalue weighted by Gasteiger charge is 2.10. The summed E-state index contributed by atoms with van der Waals surface area (Å²) in [5.74, 6) is 0.912. The van der Waals surface area contributed by atoms with Crippen LogP contribution in [0.25, 0.3) is 0 Å². The van der Waals surface area contributed by atoms with Gasteiger partial charge in [0.1, 0.15) is 0 Å². The monoisotopic (exact) mass is 237 g/mol. The molecule has 86 valence electrons. The molecule has 2 rings (SSSR count). The third-order valence-corrected chi connectivity index (χ3v) is 2.74. The second kappa shape index (κ2) is 5.21. The molecular weight excluding hydrogens is 222 g/mol. The first kappa shape index (κ1) is 11.3. The number of aliphatic imine (C=N–C) groups is 1. The zero-order chi connectivity index (χ0) is 11.4. The van der Waals surface area contributed by atoms with Crippen LogP contribution in [0.1, 0.15) is 12.5 Å². The van der Waals surface area contributed by atoms with Gasteiger partial charge in [-0.15, -0.1) is 0 Å². The highest BCUT2D eigenvalue weighted by molar-refractivity contribution is 6.30. The zero-order valence-electron chi connectivity index (χ0n) is 9.33. The molecule has 1 atom stereocenters. The van der Waals surface area contributed by atoms with Crippen LogP contribution < -0.4 is 10.6 Å². The Morgan fingerprint density at radius 3 is 3.12 bits per heavy atom. The predicted molar refractivity (Wildman–Crippen MR) is 68.1 cm³/mol. The highest BCUT2D eigenvalue weighted by atomic mass is 35.5. The fourth-order valence-electron chi connectivity index (χ4n) is 1.68. The standard InChI is InChI=1S/C12H16ClN3/c1-9-8-15-12(16-9)14-6-5-10-3-2-4-11(13)7-10/h2-4,7,9H,5-6,8H2,1H3,(H2,14,15,16). The lowest BCUT2D eigenvalue weighted by atomic mass is 10.1. The van der Waals surface area contributed by atoms with Crippen molar-refractivity contribution < 1.29 is 0 Å². The lowest BCUT2D eigenvalue weighted by Crippen LogP contribution is -2.38. The predicted octanol–water partition coefficient (Wildman–Crippen LogP) is 1.82. The first-order valence-corrected chi connectivity index (χ1v) is 5.91. The van der Waals surface area contributed by atoms with Gasteiger partial charge in [0.15, 0.2) is 5.96 Å². The van der Waals surface area contributed by atoms with Gasteiger partial charge >= 0.3 is 0 Å². The smallest absolute Gasteiger partial charge is 0.191 e. The Morgan fingerprint density at radius 2 is 2.44 bits per heavy atom. The summed E-state index contributed by atoms with van der Waals surface area (Å²) >= 11 is 5.91. The molecule has 0 amide bonds. The van der Waals surface area contributed by atoms with E-state index in [0.29, 0.717) is 6.04 Å². The topological polar surface area (TPSA) is 36.4 Å². The molecule has 0 saturated heterocycles. The summed E-state index contributed by atoms with van der Waals surface area (Å²) in [7, 11) is 0. The van der Waals surface area contributed by atoms with E-state index in [-0.39, 0.29) is 0 Å². The molecule has 0 fully saturated rings. The van der Waals surface area contributed by atoms with Crippen LogP contribution in [0.3, 0.4) is 0 Å². The fourth-order valence-corrected chi connectivity index (χ4v) is 1.89. The number of hydrogen-bond donors (Lipinski definition) is 2. The second-order valence-corrected chi connectivity index (χ2v) is 4.48. The van der Waals surface area contributed by atoms with E-state index in [0.717, 1.165) is 30.5 Å². The molecule has 1 aliphatic rings. The molecule has 0 saturated carbocycles. The number of guanidine groups is 1. The molecule has 2 N–H and O–H groups in total. The first-order chi connectivity index (χ1) is 7.74. The summed E-state index contributed by atoms with van der Waals surface area (Å²) in [4.78, 5) is 4.33. The van der Waals surface area contributed by atoms with Crippen molar-refractivity contribution in [1.29, 1.82) is 0 Å². The number of halogens is 1. The van der Waals surface area contributed by atoms with Crippen molar-refractivity contribution in [3.05, 3.63) is 34.9 Å². The van der Waals surface area contributed by atoms with Gasteiger partial charge in [-0.3, -0.25) is 4.99 Å². The Bertz CT molecular complexity index is 390. The summed E-state index contributed by atoms with van der Waals surface area (Å²) in [6.45, 7) is 3.85. The molecule has 16 heavy (non-hydrogen) atoms. The van der Waals surface area contributed by atoms with E-state index in [1.54, 1.807) is 0 Å². The van der Waals surface area contributed by atoms with Crippen molar-refractivity contribution in [3.63, 3.8) is 0 Å². The maximum Gasteiger partial charge on any atom is 0.191 e. The Labute approximate surface area is 101 Å². The van der Waals surface area contributed by atoms with E-state index in [4.69, 9.17) is 11.6 Å². The summed E-state index contributed by atoms with van der Waals surface area (Å²) < 4.78 is 0. The Kier molecular flexibility index (Phi) is 3.67. The molecule has 1 unspecified atom stereocenters. The van der Waals surface area contributed by atoms with Gasteiger partial charge in [0, 0.05) is 17.6 Å². The minimum absolute atomic E-state index is 0.452. The van der Waals surface area contributed by atoms with Crippen LogP contribution in [0.5, 0.6) is 0 Å². The van der Waals surface area contributed by atoms with Gasteiger partial charge in [0.05, 0.1) is 6.54 Å².